The van der Waals surface area contributed by atoms with Crippen molar-refractivity contribution in [1.29, 1.82) is 0 Å². The molecule has 7 nitrogen and oxygen atoms in total. The summed E-state index contributed by atoms with van der Waals surface area (Å²) in [5, 5.41) is 4.19. The average molecular weight is 331 g/mol. The molecule has 1 aromatic heterocycles. The highest BCUT2D eigenvalue weighted by atomic mass is 32.2. The first-order valence-electron chi connectivity index (χ1n) is 6.74. The zero-order chi connectivity index (χ0) is 15.8. The summed E-state index contributed by atoms with van der Waals surface area (Å²) in [5.41, 5.74) is 6.73. The van der Waals surface area contributed by atoms with Crippen molar-refractivity contribution >= 4 is 27.2 Å². The van der Waals surface area contributed by atoms with Crippen LogP contribution in [0.4, 0.5) is 0 Å². The van der Waals surface area contributed by atoms with Gasteiger partial charge in [0.25, 0.3) is 0 Å². The Labute approximate surface area is 130 Å². The molecule has 1 aliphatic rings. The summed E-state index contributed by atoms with van der Waals surface area (Å²) in [6.45, 7) is 6.19. The number of hydrogen-bond acceptors (Lipinski definition) is 5. The lowest BCUT2D eigenvalue weighted by molar-refractivity contribution is 0.209. The molecule has 0 amide bonds. The van der Waals surface area contributed by atoms with Gasteiger partial charge in [-0.2, -0.15) is 9.40 Å². The molecule has 0 radical (unpaired) electrons. The Morgan fingerprint density at radius 3 is 2.29 bits per heavy atom. The number of nitrogens with zero attached hydrogens (tertiary/aromatic N) is 4. The van der Waals surface area contributed by atoms with Crippen molar-refractivity contribution in [2.24, 2.45) is 12.8 Å². The van der Waals surface area contributed by atoms with E-state index in [4.69, 9.17) is 18.0 Å². The second kappa shape index (κ2) is 5.99. The highest BCUT2D eigenvalue weighted by molar-refractivity contribution is 7.89. The number of rotatable bonds is 4. The molecular formula is C12H21N5O2S2. The van der Waals surface area contributed by atoms with Crippen LogP contribution >= 0.6 is 12.2 Å². The van der Waals surface area contributed by atoms with E-state index in [-0.39, 0.29) is 0 Å². The highest BCUT2D eigenvalue weighted by Crippen LogP contribution is 2.23. The van der Waals surface area contributed by atoms with E-state index < -0.39 is 10.0 Å². The Bertz CT molecular complexity index is 645. The van der Waals surface area contributed by atoms with Gasteiger partial charge in [0.1, 0.15) is 4.90 Å². The topological polar surface area (TPSA) is 84.5 Å². The Morgan fingerprint density at radius 2 is 1.86 bits per heavy atom. The smallest absolute Gasteiger partial charge is 0.246 e. The van der Waals surface area contributed by atoms with E-state index >= 15 is 0 Å². The predicted octanol–water partition coefficient (Wildman–Crippen LogP) is -0.371. The molecule has 2 N–H and O–H groups in total. The van der Waals surface area contributed by atoms with Crippen LogP contribution in [0.15, 0.2) is 4.90 Å². The molecule has 118 valence electrons. The summed E-state index contributed by atoms with van der Waals surface area (Å²) < 4.78 is 28.7. The molecule has 1 saturated heterocycles. The van der Waals surface area contributed by atoms with Gasteiger partial charge >= 0.3 is 0 Å². The molecule has 0 aliphatic carbocycles. The van der Waals surface area contributed by atoms with Gasteiger partial charge in [0.05, 0.1) is 16.4 Å². The molecule has 0 saturated carbocycles. The number of thiocarbonyl (C=S) groups is 1. The van der Waals surface area contributed by atoms with E-state index in [0.29, 0.717) is 54.0 Å². The van der Waals surface area contributed by atoms with Gasteiger partial charge in [-0.05, 0) is 13.8 Å². The molecule has 2 heterocycles. The lowest BCUT2D eigenvalue weighted by atomic mass is 10.3. The number of piperazine rings is 1. The lowest BCUT2D eigenvalue weighted by Crippen LogP contribution is -2.50. The quantitative estimate of drug-likeness (QED) is 0.758. The fourth-order valence-corrected chi connectivity index (χ4v) is 4.61. The maximum atomic E-state index is 12.8. The molecule has 9 heteroatoms. The summed E-state index contributed by atoms with van der Waals surface area (Å²) >= 11 is 4.89. The standard InChI is InChI=1S/C12H21N5O2S2/c1-9-12(10(2)15(3)14-9)21(18,19)17-6-4-16(5-7-17)8-11(13)20/h4-8H2,1-3H3,(H2,13,20). The maximum absolute atomic E-state index is 12.8. The van der Waals surface area contributed by atoms with Gasteiger partial charge in [-0.3, -0.25) is 9.58 Å². The minimum atomic E-state index is -3.50. The Balaban J connectivity index is 2.17. The van der Waals surface area contributed by atoms with Crippen LogP contribution in [0.1, 0.15) is 11.4 Å². The van der Waals surface area contributed by atoms with Gasteiger partial charge in [0, 0.05) is 39.8 Å². The minimum absolute atomic E-state index is 0.327. The number of sulfonamides is 1. The van der Waals surface area contributed by atoms with Crippen LogP contribution < -0.4 is 5.73 Å². The van der Waals surface area contributed by atoms with Crippen molar-refractivity contribution in [3.05, 3.63) is 11.4 Å². The first-order valence-corrected chi connectivity index (χ1v) is 8.59. The second-order valence-electron chi connectivity index (χ2n) is 5.27. The van der Waals surface area contributed by atoms with Gasteiger partial charge in [0.2, 0.25) is 10.0 Å². The normalized spacial score (nSPS) is 18.0. The predicted molar refractivity (Wildman–Crippen MR) is 84.7 cm³/mol. The van der Waals surface area contributed by atoms with E-state index in [0.717, 1.165) is 0 Å². The third-order valence-electron chi connectivity index (χ3n) is 3.75. The zero-order valence-electron chi connectivity index (χ0n) is 12.5. The molecule has 0 spiro atoms. The highest BCUT2D eigenvalue weighted by Gasteiger charge is 2.32. The Kier molecular flexibility index (Phi) is 4.66. The van der Waals surface area contributed by atoms with Crippen molar-refractivity contribution in [3.8, 4) is 0 Å². The molecule has 1 aromatic rings. The first kappa shape index (κ1) is 16.3. The van der Waals surface area contributed by atoms with Crippen molar-refractivity contribution in [2.75, 3.05) is 32.7 Å². The molecule has 1 aliphatic heterocycles. The molecule has 2 rings (SSSR count). The van der Waals surface area contributed by atoms with E-state index in [9.17, 15) is 8.42 Å². The summed E-state index contributed by atoms with van der Waals surface area (Å²) in [4.78, 5) is 2.83. The van der Waals surface area contributed by atoms with E-state index in [2.05, 4.69) is 10.00 Å². The van der Waals surface area contributed by atoms with Crippen molar-refractivity contribution in [2.45, 2.75) is 18.7 Å². The summed E-state index contributed by atoms with van der Waals surface area (Å²) in [5.74, 6) is 0. The van der Waals surface area contributed by atoms with Gasteiger partial charge in [-0.25, -0.2) is 8.42 Å². The Hall–Kier alpha value is -1.03. The lowest BCUT2D eigenvalue weighted by Gasteiger charge is -2.33. The number of nitrogens with two attached hydrogens (primary N) is 1. The second-order valence-corrected chi connectivity index (χ2v) is 7.67. The number of aryl methyl sites for hydroxylation is 2. The van der Waals surface area contributed by atoms with Crippen molar-refractivity contribution in [1.82, 2.24) is 19.0 Å². The van der Waals surface area contributed by atoms with Crippen LogP contribution in [0.5, 0.6) is 0 Å². The van der Waals surface area contributed by atoms with Crippen LogP contribution in [0.2, 0.25) is 0 Å². The Morgan fingerprint density at radius 1 is 1.29 bits per heavy atom. The van der Waals surface area contributed by atoms with Crippen LogP contribution in [0.3, 0.4) is 0 Å². The van der Waals surface area contributed by atoms with Crippen LogP contribution in [0, 0.1) is 13.8 Å². The zero-order valence-corrected chi connectivity index (χ0v) is 14.2. The molecule has 0 atom stereocenters. The minimum Gasteiger partial charge on any atom is -0.392 e. The molecule has 0 unspecified atom stereocenters. The van der Waals surface area contributed by atoms with Crippen LogP contribution in [0.25, 0.3) is 0 Å². The molecule has 0 aromatic carbocycles. The third-order valence-corrected chi connectivity index (χ3v) is 6.03. The van der Waals surface area contributed by atoms with E-state index in [1.807, 2.05) is 0 Å². The summed E-state index contributed by atoms with van der Waals surface area (Å²) in [6.07, 6.45) is 0. The first-order chi connectivity index (χ1) is 9.73. The number of aromatic nitrogens is 2. The monoisotopic (exact) mass is 331 g/mol. The SMILES string of the molecule is Cc1nn(C)c(C)c1S(=O)(=O)N1CCN(CC(N)=S)CC1. The molecular weight excluding hydrogens is 310 g/mol. The summed E-state index contributed by atoms with van der Waals surface area (Å²) in [7, 11) is -1.74. The average Bonchev–Trinajstić information content (AvgIpc) is 2.63. The van der Waals surface area contributed by atoms with Gasteiger partial charge in [0.15, 0.2) is 0 Å². The van der Waals surface area contributed by atoms with E-state index in [1.165, 1.54) is 4.31 Å². The number of hydrogen-bond donors (Lipinski definition) is 1. The fraction of sp³-hybridized carbons (Fsp3) is 0.667. The summed E-state index contributed by atoms with van der Waals surface area (Å²) in [6, 6.07) is 0. The van der Waals surface area contributed by atoms with Crippen LogP contribution in [-0.4, -0.2) is 65.1 Å². The van der Waals surface area contributed by atoms with E-state index in [1.54, 1.807) is 25.6 Å². The van der Waals surface area contributed by atoms with Crippen molar-refractivity contribution in [3.63, 3.8) is 0 Å². The maximum Gasteiger partial charge on any atom is 0.246 e. The van der Waals surface area contributed by atoms with Gasteiger partial charge < -0.3 is 5.73 Å². The fourth-order valence-electron chi connectivity index (χ4n) is 2.60. The largest absolute Gasteiger partial charge is 0.392 e. The molecule has 1 fully saturated rings. The third kappa shape index (κ3) is 3.25. The van der Waals surface area contributed by atoms with Gasteiger partial charge in [-0.1, -0.05) is 12.2 Å². The van der Waals surface area contributed by atoms with Crippen LogP contribution in [-0.2, 0) is 17.1 Å². The molecule has 0 bridgehead atoms. The van der Waals surface area contributed by atoms with Gasteiger partial charge in [-0.15, -0.1) is 0 Å². The molecule has 21 heavy (non-hydrogen) atoms. The van der Waals surface area contributed by atoms with Crippen molar-refractivity contribution < 1.29 is 8.42 Å².